The molecule has 1 heterocycles. The Morgan fingerprint density at radius 3 is 2.95 bits per heavy atom. The minimum Gasteiger partial charge on any atom is -0.392 e. The van der Waals surface area contributed by atoms with E-state index in [-0.39, 0.29) is 18.6 Å². The molecule has 19 heavy (non-hydrogen) atoms. The lowest BCUT2D eigenvalue weighted by atomic mass is 10.2. The van der Waals surface area contributed by atoms with E-state index in [0.29, 0.717) is 23.3 Å². The fraction of sp³-hybridized carbons (Fsp3) is 0.538. The van der Waals surface area contributed by atoms with Crippen molar-refractivity contribution in [3.63, 3.8) is 0 Å². The van der Waals surface area contributed by atoms with Crippen LogP contribution >= 0.6 is 11.6 Å². The number of aliphatic hydroxyl groups is 1. The molecule has 1 fully saturated rings. The van der Waals surface area contributed by atoms with Gasteiger partial charge in [-0.15, -0.1) is 0 Å². The van der Waals surface area contributed by atoms with Crippen molar-refractivity contribution in [3.8, 4) is 0 Å². The van der Waals surface area contributed by atoms with E-state index in [2.05, 4.69) is 10.3 Å². The zero-order valence-electron chi connectivity index (χ0n) is 10.8. The number of nitrogens with one attached hydrogen (secondary N) is 1. The molecule has 0 aliphatic heterocycles. The topological polar surface area (TPSA) is 65.5 Å². The summed E-state index contributed by atoms with van der Waals surface area (Å²) in [5.41, 5.74) is 0. The Morgan fingerprint density at radius 2 is 2.37 bits per heavy atom. The van der Waals surface area contributed by atoms with Gasteiger partial charge in [0.2, 0.25) is 5.91 Å². The molecule has 1 aromatic heterocycles. The Balaban J connectivity index is 1.75. The first kappa shape index (κ1) is 14.2. The van der Waals surface area contributed by atoms with Gasteiger partial charge in [-0.1, -0.05) is 11.6 Å². The van der Waals surface area contributed by atoms with Gasteiger partial charge in [0.25, 0.3) is 0 Å². The number of hydrogen-bond donors (Lipinski definition) is 2. The normalized spacial score (nSPS) is 16.4. The summed E-state index contributed by atoms with van der Waals surface area (Å²) in [6.45, 7) is 0.750. The highest BCUT2D eigenvalue weighted by Gasteiger charge is 2.30. The summed E-state index contributed by atoms with van der Waals surface area (Å²) in [4.78, 5) is 17.6. The van der Waals surface area contributed by atoms with Crippen LogP contribution < -0.4 is 5.32 Å². The molecule has 0 aromatic carbocycles. The molecule has 2 N–H and O–H groups in total. The summed E-state index contributed by atoms with van der Waals surface area (Å²) in [6.07, 6.45) is 3.34. The van der Waals surface area contributed by atoms with Crippen LogP contribution in [0, 0.1) is 5.92 Å². The summed E-state index contributed by atoms with van der Waals surface area (Å²) < 4.78 is 0. The monoisotopic (exact) mass is 283 g/mol. The highest BCUT2D eigenvalue weighted by Crippen LogP contribution is 2.32. The Labute approximate surface area is 117 Å². The molecule has 0 saturated heterocycles. The van der Waals surface area contributed by atoms with Gasteiger partial charge in [-0.2, -0.15) is 0 Å². The molecule has 1 aliphatic carbocycles. The number of pyridine rings is 1. The van der Waals surface area contributed by atoms with E-state index in [1.54, 1.807) is 12.1 Å². The van der Waals surface area contributed by atoms with E-state index in [1.807, 2.05) is 11.9 Å². The predicted molar refractivity (Wildman–Crippen MR) is 74.1 cm³/mol. The van der Waals surface area contributed by atoms with Crippen molar-refractivity contribution < 1.29 is 9.90 Å². The van der Waals surface area contributed by atoms with E-state index in [4.69, 9.17) is 11.6 Å². The lowest BCUT2D eigenvalue weighted by molar-refractivity contribution is -0.117. The van der Waals surface area contributed by atoms with Crippen LogP contribution in [0.5, 0.6) is 0 Å². The van der Waals surface area contributed by atoms with Crippen LogP contribution in [0.3, 0.4) is 0 Å². The highest BCUT2D eigenvalue weighted by atomic mass is 35.5. The van der Waals surface area contributed by atoms with E-state index < -0.39 is 0 Å². The average molecular weight is 284 g/mol. The number of nitrogens with zero attached hydrogens (tertiary/aromatic N) is 2. The average Bonchev–Trinajstić information content (AvgIpc) is 3.15. The first-order valence-electron chi connectivity index (χ1n) is 6.32. The molecule has 1 aromatic rings. The van der Waals surface area contributed by atoms with Gasteiger partial charge in [0.05, 0.1) is 17.7 Å². The Hall–Kier alpha value is -1.17. The molecule has 1 aliphatic rings. The van der Waals surface area contributed by atoms with Gasteiger partial charge >= 0.3 is 0 Å². The second-order valence-electron chi connectivity index (χ2n) is 5.01. The molecule has 0 spiro atoms. The van der Waals surface area contributed by atoms with E-state index in [0.717, 1.165) is 12.8 Å². The molecule has 0 bridgehead atoms. The maximum absolute atomic E-state index is 11.8. The Morgan fingerprint density at radius 1 is 1.63 bits per heavy atom. The third-order valence-electron chi connectivity index (χ3n) is 3.07. The van der Waals surface area contributed by atoms with Gasteiger partial charge in [0, 0.05) is 12.7 Å². The summed E-state index contributed by atoms with van der Waals surface area (Å²) >= 11 is 5.71. The molecule has 0 radical (unpaired) electrons. The van der Waals surface area contributed by atoms with E-state index in [9.17, 15) is 9.90 Å². The van der Waals surface area contributed by atoms with Crippen molar-refractivity contribution in [3.05, 3.63) is 23.4 Å². The van der Waals surface area contributed by atoms with Crippen LogP contribution in [0.25, 0.3) is 0 Å². The number of aliphatic hydroxyl groups excluding tert-OH is 1. The molecule has 1 saturated carbocycles. The predicted octanol–water partition coefficient (Wildman–Crippen LogP) is 1.38. The van der Waals surface area contributed by atoms with Gasteiger partial charge in [0.1, 0.15) is 5.82 Å². The number of anilines is 1. The maximum Gasteiger partial charge on any atom is 0.239 e. The maximum atomic E-state index is 11.8. The van der Waals surface area contributed by atoms with Crippen LogP contribution in [0.15, 0.2) is 18.3 Å². The molecule has 2 rings (SSSR count). The minimum absolute atomic E-state index is 0.152. The number of likely N-dealkylation sites (N-methyl/N-ethyl adjacent to an activating group) is 1. The van der Waals surface area contributed by atoms with Crippen molar-refractivity contribution in [2.45, 2.75) is 18.9 Å². The summed E-state index contributed by atoms with van der Waals surface area (Å²) in [5, 5.41) is 13.0. The van der Waals surface area contributed by atoms with Crippen LogP contribution in [0.2, 0.25) is 5.02 Å². The number of halogens is 1. The standard InChI is InChI=1S/C13H18ClN3O2/c1-17(7-11(18)9-2-3-9)8-13(19)16-12-5-4-10(14)6-15-12/h4-6,9,11,18H,2-3,7-8H2,1H3,(H,15,16,19). The lowest BCUT2D eigenvalue weighted by Gasteiger charge is -2.19. The summed E-state index contributed by atoms with van der Waals surface area (Å²) in [7, 11) is 1.82. The fourth-order valence-corrected chi connectivity index (χ4v) is 2.00. The summed E-state index contributed by atoms with van der Waals surface area (Å²) in [6, 6.07) is 3.32. The van der Waals surface area contributed by atoms with E-state index >= 15 is 0 Å². The van der Waals surface area contributed by atoms with Crippen LogP contribution in [0.1, 0.15) is 12.8 Å². The molecular weight excluding hydrogens is 266 g/mol. The van der Waals surface area contributed by atoms with Crippen molar-refractivity contribution >= 4 is 23.3 Å². The van der Waals surface area contributed by atoms with Crippen molar-refractivity contribution in [1.82, 2.24) is 9.88 Å². The molecule has 5 nitrogen and oxygen atoms in total. The zero-order valence-corrected chi connectivity index (χ0v) is 11.6. The van der Waals surface area contributed by atoms with Gasteiger partial charge in [0.15, 0.2) is 0 Å². The van der Waals surface area contributed by atoms with Crippen molar-refractivity contribution in [2.24, 2.45) is 5.92 Å². The number of carbonyl (C=O) groups is 1. The van der Waals surface area contributed by atoms with E-state index in [1.165, 1.54) is 6.20 Å². The van der Waals surface area contributed by atoms with Gasteiger partial charge in [-0.3, -0.25) is 9.69 Å². The molecule has 1 amide bonds. The number of aromatic nitrogens is 1. The van der Waals surface area contributed by atoms with Crippen molar-refractivity contribution in [1.29, 1.82) is 0 Å². The van der Waals surface area contributed by atoms with Crippen molar-refractivity contribution in [2.75, 3.05) is 25.5 Å². The molecule has 104 valence electrons. The number of rotatable bonds is 6. The molecular formula is C13H18ClN3O2. The largest absolute Gasteiger partial charge is 0.392 e. The zero-order chi connectivity index (χ0) is 13.8. The lowest BCUT2D eigenvalue weighted by Crippen LogP contribution is -2.36. The quantitative estimate of drug-likeness (QED) is 0.828. The van der Waals surface area contributed by atoms with Crippen LogP contribution in [0.4, 0.5) is 5.82 Å². The van der Waals surface area contributed by atoms with Gasteiger partial charge in [-0.25, -0.2) is 4.98 Å². The Kier molecular flexibility index (Phi) is 4.74. The third-order valence-corrected chi connectivity index (χ3v) is 3.30. The van der Waals surface area contributed by atoms with Gasteiger partial charge < -0.3 is 10.4 Å². The molecule has 1 unspecified atom stereocenters. The van der Waals surface area contributed by atoms with Crippen LogP contribution in [-0.2, 0) is 4.79 Å². The second-order valence-corrected chi connectivity index (χ2v) is 5.45. The fourth-order valence-electron chi connectivity index (χ4n) is 1.89. The second kappa shape index (κ2) is 6.32. The Bertz CT molecular complexity index is 434. The summed E-state index contributed by atoms with van der Waals surface area (Å²) in [5.74, 6) is 0.745. The SMILES string of the molecule is CN(CC(=O)Nc1ccc(Cl)cn1)CC(O)C1CC1. The van der Waals surface area contributed by atoms with Gasteiger partial charge in [-0.05, 0) is 37.9 Å². The number of carbonyl (C=O) groups excluding carboxylic acids is 1. The molecule has 6 heteroatoms. The first-order chi connectivity index (χ1) is 9.04. The smallest absolute Gasteiger partial charge is 0.239 e. The number of hydrogen-bond acceptors (Lipinski definition) is 4. The number of amides is 1. The first-order valence-corrected chi connectivity index (χ1v) is 6.70. The minimum atomic E-state index is -0.327. The molecule has 1 atom stereocenters. The third kappa shape index (κ3) is 4.78. The highest BCUT2D eigenvalue weighted by molar-refractivity contribution is 6.30. The van der Waals surface area contributed by atoms with Crippen LogP contribution in [-0.4, -0.2) is 47.1 Å².